The van der Waals surface area contributed by atoms with Gasteiger partial charge in [-0.05, 0) is 65.6 Å². The molecule has 0 unspecified atom stereocenters. The number of rotatable bonds is 5. The summed E-state index contributed by atoms with van der Waals surface area (Å²) in [5.74, 6) is 0. The molecule has 5 rings (SSSR count). The van der Waals surface area contributed by atoms with Gasteiger partial charge in [0, 0.05) is 48.0 Å². The molecule has 0 saturated carbocycles. The third-order valence-corrected chi connectivity index (χ3v) is 5.36. The van der Waals surface area contributed by atoms with E-state index in [-0.39, 0.29) is 0 Å². The number of hydrogen-bond donors (Lipinski definition) is 1. The summed E-state index contributed by atoms with van der Waals surface area (Å²) in [5, 5.41) is 4.62. The molecule has 3 heterocycles. The molecule has 4 nitrogen and oxygen atoms in total. The van der Waals surface area contributed by atoms with Crippen molar-refractivity contribution in [1.82, 2.24) is 15.0 Å². The maximum absolute atomic E-state index is 4.43. The lowest BCUT2D eigenvalue weighted by atomic mass is 10.0. The molecule has 0 bridgehead atoms. The molecule has 4 heteroatoms. The van der Waals surface area contributed by atoms with E-state index in [2.05, 4.69) is 80.9 Å². The fourth-order valence-electron chi connectivity index (χ4n) is 3.69. The summed E-state index contributed by atoms with van der Waals surface area (Å²) in [6.07, 6.45) is 7.43. The van der Waals surface area contributed by atoms with Crippen LogP contribution in [0.25, 0.3) is 33.2 Å². The Morgan fingerprint density at radius 2 is 1.55 bits per heavy atom. The quantitative estimate of drug-likeness (QED) is 0.376. The Labute approximate surface area is 181 Å². The van der Waals surface area contributed by atoms with Gasteiger partial charge in [0.15, 0.2) is 0 Å². The SMILES string of the molecule is Cc1cc(-c2ccc(CNc3cncc(-c4ccc5ncccc5c4)c3)cc2)ccn1. The second kappa shape index (κ2) is 8.36. The van der Waals surface area contributed by atoms with Crippen LogP contribution in [0.5, 0.6) is 0 Å². The van der Waals surface area contributed by atoms with Crippen LogP contribution in [0.2, 0.25) is 0 Å². The number of pyridine rings is 3. The molecular weight excluding hydrogens is 380 g/mol. The van der Waals surface area contributed by atoms with E-state index in [1.54, 1.807) is 0 Å². The smallest absolute Gasteiger partial charge is 0.0702 e. The third kappa shape index (κ3) is 4.28. The van der Waals surface area contributed by atoms with Gasteiger partial charge in [-0.3, -0.25) is 15.0 Å². The van der Waals surface area contributed by atoms with Crippen LogP contribution in [0.1, 0.15) is 11.3 Å². The topological polar surface area (TPSA) is 50.7 Å². The van der Waals surface area contributed by atoms with Crippen LogP contribution >= 0.6 is 0 Å². The van der Waals surface area contributed by atoms with Gasteiger partial charge in [-0.2, -0.15) is 0 Å². The van der Waals surface area contributed by atoms with E-state index >= 15 is 0 Å². The van der Waals surface area contributed by atoms with Gasteiger partial charge < -0.3 is 5.32 Å². The van der Waals surface area contributed by atoms with E-state index in [0.29, 0.717) is 0 Å². The van der Waals surface area contributed by atoms with E-state index in [1.165, 1.54) is 16.7 Å². The predicted molar refractivity (Wildman–Crippen MR) is 127 cm³/mol. The van der Waals surface area contributed by atoms with Crippen LogP contribution in [0.4, 0.5) is 5.69 Å². The van der Waals surface area contributed by atoms with Crippen molar-refractivity contribution in [3.63, 3.8) is 0 Å². The highest BCUT2D eigenvalue weighted by Gasteiger charge is 2.04. The van der Waals surface area contributed by atoms with Crippen LogP contribution in [0.3, 0.4) is 0 Å². The van der Waals surface area contributed by atoms with Gasteiger partial charge in [0.1, 0.15) is 0 Å². The van der Waals surface area contributed by atoms with Crippen molar-refractivity contribution in [3.8, 4) is 22.3 Å². The van der Waals surface area contributed by atoms with E-state index in [0.717, 1.165) is 40.0 Å². The highest BCUT2D eigenvalue weighted by atomic mass is 14.9. The maximum atomic E-state index is 4.43. The summed E-state index contributed by atoms with van der Waals surface area (Å²) < 4.78 is 0. The lowest BCUT2D eigenvalue weighted by Crippen LogP contribution is -2.00. The number of nitrogens with one attached hydrogen (secondary N) is 1. The Morgan fingerprint density at radius 3 is 2.42 bits per heavy atom. The monoisotopic (exact) mass is 402 g/mol. The Morgan fingerprint density at radius 1 is 0.710 bits per heavy atom. The molecule has 0 radical (unpaired) electrons. The highest BCUT2D eigenvalue weighted by Crippen LogP contribution is 2.25. The molecule has 0 spiro atoms. The van der Waals surface area contributed by atoms with Crippen LogP contribution in [0.15, 0.2) is 97.6 Å². The molecule has 1 N–H and O–H groups in total. The first-order chi connectivity index (χ1) is 15.2. The Hall–Kier alpha value is -4.05. The van der Waals surface area contributed by atoms with Gasteiger partial charge in [-0.25, -0.2) is 0 Å². The van der Waals surface area contributed by atoms with Crippen molar-refractivity contribution in [2.45, 2.75) is 13.5 Å². The summed E-state index contributed by atoms with van der Waals surface area (Å²) in [6, 6.07) is 25.3. The van der Waals surface area contributed by atoms with Crippen LogP contribution in [-0.4, -0.2) is 15.0 Å². The van der Waals surface area contributed by atoms with Crippen molar-refractivity contribution >= 4 is 16.6 Å². The van der Waals surface area contributed by atoms with Crippen molar-refractivity contribution < 1.29 is 0 Å². The predicted octanol–water partition coefficient (Wildman–Crippen LogP) is 6.28. The zero-order valence-corrected chi connectivity index (χ0v) is 17.3. The molecule has 150 valence electrons. The minimum atomic E-state index is 0.739. The average molecular weight is 403 g/mol. The molecule has 0 saturated heterocycles. The van der Waals surface area contributed by atoms with Gasteiger partial charge in [0.25, 0.3) is 0 Å². The number of anilines is 1. The molecule has 3 aromatic heterocycles. The fourth-order valence-corrected chi connectivity index (χ4v) is 3.69. The first-order valence-electron chi connectivity index (χ1n) is 10.3. The lowest BCUT2D eigenvalue weighted by Gasteiger charge is -2.10. The largest absolute Gasteiger partial charge is 0.380 e. The van der Waals surface area contributed by atoms with Crippen molar-refractivity contribution in [2.75, 3.05) is 5.32 Å². The van der Waals surface area contributed by atoms with Gasteiger partial charge in [-0.15, -0.1) is 0 Å². The van der Waals surface area contributed by atoms with Gasteiger partial charge in [-0.1, -0.05) is 36.4 Å². The lowest BCUT2D eigenvalue weighted by molar-refractivity contribution is 1.14. The zero-order valence-electron chi connectivity index (χ0n) is 17.3. The number of fused-ring (bicyclic) bond motifs is 1. The molecule has 0 aliphatic heterocycles. The second-order valence-electron chi connectivity index (χ2n) is 7.61. The first kappa shape index (κ1) is 18.9. The number of benzene rings is 2. The number of hydrogen-bond acceptors (Lipinski definition) is 4. The first-order valence-corrected chi connectivity index (χ1v) is 10.3. The standard InChI is InChI=1S/C27H22N4/c1-19-13-23(10-12-29-19)21-6-4-20(5-7-21)16-31-26-15-25(17-28-18-26)22-8-9-27-24(14-22)3-2-11-30-27/h2-15,17-18,31H,16H2,1H3. The van der Waals surface area contributed by atoms with Crippen LogP contribution in [0, 0.1) is 6.92 Å². The molecular formula is C27H22N4. The fraction of sp³-hybridized carbons (Fsp3) is 0.0741. The molecule has 0 aliphatic rings. The van der Waals surface area contributed by atoms with Crippen molar-refractivity contribution in [2.24, 2.45) is 0 Å². The highest BCUT2D eigenvalue weighted by molar-refractivity contribution is 5.84. The summed E-state index contributed by atoms with van der Waals surface area (Å²) in [4.78, 5) is 13.1. The van der Waals surface area contributed by atoms with E-state index in [4.69, 9.17) is 0 Å². The van der Waals surface area contributed by atoms with E-state index in [9.17, 15) is 0 Å². The van der Waals surface area contributed by atoms with Crippen LogP contribution < -0.4 is 5.32 Å². The Bertz CT molecular complexity index is 1340. The molecule has 0 amide bonds. The van der Waals surface area contributed by atoms with E-state index in [1.807, 2.05) is 43.8 Å². The minimum Gasteiger partial charge on any atom is -0.380 e. The Kier molecular flexibility index (Phi) is 5.11. The normalized spacial score (nSPS) is 10.9. The van der Waals surface area contributed by atoms with E-state index < -0.39 is 0 Å². The second-order valence-corrected chi connectivity index (χ2v) is 7.61. The van der Waals surface area contributed by atoms with Gasteiger partial charge >= 0.3 is 0 Å². The van der Waals surface area contributed by atoms with Crippen molar-refractivity contribution in [1.29, 1.82) is 0 Å². The molecule has 0 aliphatic carbocycles. The molecule has 2 aromatic carbocycles. The molecule has 0 fully saturated rings. The summed E-state index contributed by atoms with van der Waals surface area (Å²) in [6.45, 7) is 2.75. The summed E-state index contributed by atoms with van der Waals surface area (Å²) in [7, 11) is 0. The maximum Gasteiger partial charge on any atom is 0.0702 e. The molecule has 0 atom stereocenters. The molecule has 5 aromatic rings. The number of aryl methyl sites for hydroxylation is 1. The Balaban J connectivity index is 1.30. The van der Waals surface area contributed by atoms with Gasteiger partial charge in [0.2, 0.25) is 0 Å². The van der Waals surface area contributed by atoms with Crippen molar-refractivity contribution in [3.05, 3.63) is 109 Å². The third-order valence-electron chi connectivity index (χ3n) is 5.36. The zero-order chi connectivity index (χ0) is 21.0. The minimum absolute atomic E-state index is 0.739. The number of aromatic nitrogens is 3. The summed E-state index contributed by atoms with van der Waals surface area (Å²) >= 11 is 0. The summed E-state index contributed by atoms with van der Waals surface area (Å²) in [5.41, 5.74) is 8.84. The number of nitrogens with zero attached hydrogens (tertiary/aromatic N) is 3. The van der Waals surface area contributed by atoms with Crippen LogP contribution in [-0.2, 0) is 6.54 Å². The van der Waals surface area contributed by atoms with Gasteiger partial charge in [0.05, 0.1) is 11.2 Å². The average Bonchev–Trinajstić information content (AvgIpc) is 2.83. The molecule has 31 heavy (non-hydrogen) atoms.